The maximum Gasteiger partial charge on any atom is 0.244 e. The number of anilines is 1. The van der Waals surface area contributed by atoms with Gasteiger partial charge in [-0.1, -0.05) is 30.3 Å². The van der Waals surface area contributed by atoms with Gasteiger partial charge in [0.1, 0.15) is 10.7 Å². The van der Waals surface area contributed by atoms with Crippen LogP contribution in [0.1, 0.15) is 5.56 Å². The fourth-order valence-electron chi connectivity index (χ4n) is 1.65. The van der Waals surface area contributed by atoms with E-state index >= 15 is 0 Å². The highest BCUT2D eigenvalue weighted by atomic mass is 32.2. The molecule has 1 heterocycles. The van der Waals surface area contributed by atoms with E-state index in [-0.39, 0.29) is 11.4 Å². The van der Waals surface area contributed by atoms with E-state index < -0.39 is 10.0 Å². The van der Waals surface area contributed by atoms with Gasteiger partial charge in [-0.05, 0) is 17.7 Å². The second kappa shape index (κ2) is 5.81. The molecule has 0 spiro atoms. The Bertz CT molecular complexity index is 642. The molecule has 0 atom stereocenters. The molecule has 19 heavy (non-hydrogen) atoms. The number of benzene rings is 1. The Kier molecular flexibility index (Phi) is 4.13. The summed E-state index contributed by atoms with van der Waals surface area (Å²) in [6.45, 7) is 0.251. The smallest absolute Gasteiger partial charge is 0.244 e. The van der Waals surface area contributed by atoms with E-state index in [9.17, 15) is 8.42 Å². The van der Waals surface area contributed by atoms with Crippen LogP contribution in [0.25, 0.3) is 0 Å². The standard InChI is InChI=1S/C13H15N3O2S/c1-14-13-12(8-5-9-15-13)19(17,18)16-10-11-6-3-2-4-7-11/h2-9,16H,10H2,1H3,(H,14,15). The van der Waals surface area contributed by atoms with Crippen molar-refractivity contribution in [1.29, 1.82) is 0 Å². The third kappa shape index (κ3) is 3.30. The predicted octanol–water partition coefficient (Wildman–Crippen LogP) is 1.60. The molecule has 100 valence electrons. The molecule has 0 bridgehead atoms. The van der Waals surface area contributed by atoms with E-state index in [1.54, 1.807) is 19.3 Å². The third-order valence-electron chi connectivity index (χ3n) is 2.61. The van der Waals surface area contributed by atoms with Crippen molar-refractivity contribution in [3.8, 4) is 0 Å². The summed E-state index contributed by atoms with van der Waals surface area (Å²) in [6.07, 6.45) is 1.54. The number of rotatable bonds is 5. The van der Waals surface area contributed by atoms with E-state index in [0.29, 0.717) is 5.82 Å². The van der Waals surface area contributed by atoms with Gasteiger partial charge in [-0.3, -0.25) is 0 Å². The summed E-state index contributed by atoms with van der Waals surface area (Å²) in [5.74, 6) is 0.336. The zero-order valence-electron chi connectivity index (χ0n) is 10.5. The van der Waals surface area contributed by atoms with Gasteiger partial charge >= 0.3 is 0 Å². The summed E-state index contributed by atoms with van der Waals surface area (Å²) in [5.41, 5.74) is 0.904. The van der Waals surface area contributed by atoms with Crippen LogP contribution in [0, 0.1) is 0 Å². The van der Waals surface area contributed by atoms with E-state index in [2.05, 4.69) is 15.0 Å². The molecule has 0 fully saturated rings. The lowest BCUT2D eigenvalue weighted by Crippen LogP contribution is -2.24. The first-order valence-electron chi connectivity index (χ1n) is 5.80. The second-order valence-corrected chi connectivity index (χ2v) is 5.65. The Balaban J connectivity index is 2.19. The summed E-state index contributed by atoms with van der Waals surface area (Å²) in [6, 6.07) is 12.5. The van der Waals surface area contributed by atoms with Crippen molar-refractivity contribution in [2.75, 3.05) is 12.4 Å². The van der Waals surface area contributed by atoms with Crippen molar-refractivity contribution in [2.24, 2.45) is 0 Å². The Labute approximate surface area is 112 Å². The fraction of sp³-hybridized carbons (Fsp3) is 0.154. The Morgan fingerprint density at radius 2 is 1.84 bits per heavy atom. The van der Waals surface area contributed by atoms with Crippen LogP contribution in [0.2, 0.25) is 0 Å². The first-order valence-corrected chi connectivity index (χ1v) is 7.28. The van der Waals surface area contributed by atoms with Gasteiger partial charge in [0.05, 0.1) is 0 Å². The summed E-state index contributed by atoms with van der Waals surface area (Å²) < 4.78 is 26.9. The summed E-state index contributed by atoms with van der Waals surface area (Å²) in [5, 5.41) is 2.77. The van der Waals surface area contributed by atoms with Gasteiger partial charge in [0.2, 0.25) is 10.0 Å². The molecular formula is C13H15N3O2S. The average Bonchev–Trinajstić information content (AvgIpc) is 2.46. The summed E-state index contributed by atoms with van der Waals surface area (Å²) in [7, 11) is -1.94. The molecule has 0 saturated heterocycles. The molecule has 0 aliphatic carbocycles. The minimum absolute atomic E-state index is 0.147. The number of pyridine rings is 1. The second-order valence-electron chi connectivity index (χ2n) is 3.91. The molecule has 0 aliphatic rings. The zero-order chi connectivity index (χ0) is 13.7. The fourth-order valence-corrected chi connectivity index (χ4v) is 2.83. The highest BCUT2D eigenvalue weighted by Gasteiger charge is 2.18. The summed E-state index contributed by atoms with van der Waals surface area (Å²) in [4.78, 5) is 4.13. The van der Waals surface area contributed by atoms with E-state index in [4.69, 9.17) is 0 Å². The van der Waals surface area contributed by atoms with Crippen LogP contribution in [0.3, 0.4) is 0 Å². The number of sulfonamides is 1. The lowest BCUT2D eigenvalue weighted by atomic mass is 10.2. The van der Waals surface area contributed by atoms with Crippen LogP contribution < -0.4 is 10.0 Å². The molecule has 0 saturated carbocycles. The minimum atomic E-state index is -3.58. The number of nitrogens with zero attached hydrogens (tertiary/aromatic N) is 1. The molecule has 5 nitrogen and oxygen atoms in total. The van der Waals surface area contributed by atoms with E-state index in [1.807, 2.05) is 30.3 Å². The van der Waals surface area contributed by atoms with Gasteiger partial charge in [-0.25, -0.2) is 18.1 Å². The van der Waals surface area contributed by atoms with Crippen molar-refractivity contribution < 1.29 is 8.42 Å². The molecule has 0 aliphatic heterocycles. The zero-order valence-corrected chi connectivity index (χ0v) is 11.3. The molecule has 0 unspecified atom stereocenters. The van der Waals surface area contributed by atoms with Gasteiger partial charge in [0.15, 0.2) is 0 Å². The van der Waals surface area contributed by atoms with Gasteiger partial charge in [0, 0.05) is 19.8 Å². The molecule has 0 radical (unpaired) electrons. The predicted molar refractivity (Wildman–Crippen MR) is 74.3 cm³/mol. The number of nitrogens with one attached hydrogen (secondary N) is 2. The SMILES string of the molecule is CNc1ncccc1S(=O)(=O)NCc1ccccc1. The number of hydrogen-bond donors (Lipinski definition) is 2. The number of aromatic nitrogens is 1. The first-order chi connectivity index (χ1) is 9.13. The van der Waals surface area contributed by atoms with Crippen molar-refractivity contribution in [2.45, 2.75) is 11.4 Å². The minimum Gasteiger partial charge on any atom is -0.372 e. The molecule has 6 heteroatoms. The van der Waals surface area contributed by atoms with Gasteiger partial charge in [-0.2, -0.15) is 0 Å². The topological polar surface area (TPSA) is 71.1 Å². The lowest BCUT2D eigenvalue weighted by Gasteiger charge is -2.10. The molecule has 1 aromatic carbocycles. The van der Waals surface area contributed by atoms with Crippen LogP contribution in [0.4, 0.5) is 5.82 Å². The van der Waals surface area contributed by atoms with Crippen LogP contribution in [0.5, 0.6) is 0 Å². The summed E-state index contributed by atoms with van der Waals surface area (Å²) >= 11 is 0. The monoisotopic (exact) mass is 277 g/mol. The Morgan fingerprint density at radius 1 is 1.11 bits per heavy atom. The van der Waals surface area contributed by atoms with Gasteiger partial charge in [-0.15, -0.1) is 0 Å². The van der Waals surface area contributed by atoms with E-state index in [1.165, 1.54) is 6.07 Å². The first kappa shape index (κ1) is 13.5. The highest BCUT2D eigenvalue weighted by molar-refractivity contribution is 7.89. The maximum atomic E-state index is 12.2. The third-order valence-corrected chi connectivity index (χ3v) is 4.04. The van der Waals surface area contributed by atoms with Crippen molar-refractivity contribution >= 4 is 15.8 Å². The van der Waals surface area contributed by atoms with Crippen molar-refractivity contribution in [1.82, 2.24) is 9.71 Å². The van der Waals surface area contributed by atoms with Crippen molar-refractivity contribution in [3.05, 3.63) is 54.2 Å². The quantitative estimate of drug-likeness (QED) is 0.871. The molecule has 2 N–H and O–H groups in total. The van der Waals surface area contributed by atoms with E-state index in [0.717, 1.165) is 5.56 Å². The van der Waals surface area contributed by atoms with Gasteiger partial charge < -0.3 is 5.32 Å². The van der Waals surface area contributed by atoms with Crippen molar-refractivity contribution in [3.63, 3.8) is 0 Å². The molecule has 0 amide bonds. The van der Waals surface area contributed by atoms with Crippen LogP contribution in [-0.4, -0.2) is 20.4 Å². The molecule has 2 aromatic rings. The van der Waals surface area contributed by atoms with Crippen LogP contribution in [-0.2, 0) is 16.6 Å². The Morgan fingerprint density at radius 3 is 2.53 bits per heavy atom. The average molecular weight is 277 g/mol. The maximum absolute atomic E-state index is 12.2. The van der Waals surface area contributed by atoms with Crippen LogP contribution >= 0.6 is 0 Å². The van der Waals surface area contributed by atoms with Gasteiger partial charge in [0.25, 0.3) is 0 Å². The lowest BCUT2D eigenvalue weighted by molar-refractivity contribution is 0.581. The normalized spacial score (nSPS) is 11.2. The Hall–Kier alpha value is -1.92. The molecular weight excluding hydrogens is 262 g/mol. The highest BCUT2D eigenvalue weighted by Crippen LogP contribution is 2.17. The largest absolute Gasteiger partial charge is 0.372 e. The number of hydrogen-bond acceptors (Lipinski definition) is 4. The van der Waals surface area contributed by atoms with Crippen LogP contribution in [0.15, 0.2) is 53.6 Å². The molecule has 1 aromatic heterocycles. The molecule has 2 rings (SSSR count).